The Morgan fingerprint density at radius 2 is 2.31 bits per heavy atom. The van der Waals surface area contributed by atoms with Crippen molar-refractivity contribution in [2.24, 2.45) is 5.73 Å². The summed E-state index contributed by atoms with van der Waals surface area (Å²) in [6.45, 7) is 0.193. The van der Waals surface area contributed by atoms with Gasteiger partial charge in [0.05, 0.1) is 19.3 Å². The second kappa shape index (κ2) is 4.23. The Bertz CT molecular complexity index is 498. The maximum atomic E-state index is 13.4. The number of hydrogen-bond acceptors (Lipinski definition) is 5. The van der Waals surface area contributed by atoms with Crippen LogP contribution in [0.3, 0.4) is 0 Å². The first-order valence-electron chi connectivity index (χ1n) is 4.57. The number of rotatable bonds is 3. The van der Waals surface area contributed by atoms with E-state index in [1.54, 1.807) is 6.07 Å². The highest BCUT2D eigenvalue weighted by atomic mass is 19.1. The molecule has 16 heavy (non-hydrogen) atoms. The van der Waals surface area contributed by atoms with Crippen LogP contribution in [0.5, 0.6) is 5.75 Å². The molecule has 0 atom stereocenters. The van der Waals surface area contributed by atoms with E-state index in [0.717, 1.165) is 0 Å². The van der Waals surface area contributed by atoms with Crippen LogP contribution in [0.4, 0.5) is 4.39 Å². The lowest BCUT2D eigenvalue weighted by atomic mass is 10.3. The highest BCUT2D eigenvalue weighted by Gasteiger charge is 2.07. The van der Waals surface area contributed by atoms with Crippen LogP contribution < -0.4 is 10.5 Å². The molecule has 0 radical (unpaired) electrons. The van der Waals surface area contributed by atoms with E-state index in [1.807, 2.05) is 0 Å². The summed E-state index contributed by atoms with van der Waals surface area (Å²) >= 11 is 0. The van der Waals surface area contributed by atoms with Gasteiger partial charge in [-0.2, -0.15) is 0 Å². The topological polar surface area (TPSA) is 78.8 Å². The molecule has 0 spiro atoms. The van der Waals surface area contributed by atoms with Gasteiger partial charge in [-0.1, -0.05) is 0 Å². The Morgan fingerprint density at radius 1 is 1.50 bits per heavy atom. The lowest BCUT2D eigenvalue weighted by Gasteiger charge is -2.03. The van der Waals surface area contributed by atoms with E-state index < -0.39 is 5.82 Å². The van der Waals surface area contributed by atoms with Gasteiger partial charge >= 0.3 is 0 Å². The number of tetrazole rings is 1. The number of halogens is 1. The molecule has 1 aromatic carbocycles. The van der Waals surface area contributed by atoms with E-state index >= 15 is 0 Å². The molecule has 0 aliphatic rings. The van der Waals surface area contributed by atoms with Gasteiger partial charge in [0, 0.05) is 6.07 Å². The number of hydrogen-bond donors (Lipinski definition) is 1. The summed E-state index contributed by atoms with van der Waals surface area (Å²) in [5.41, 5.74) is 5.81. The van der Waals surface area contributed by atoms with Crippen LogP contribution in [-0.2, 0) is 6.54 Å². The molecule has 0 amide bonds. The van der Waals surface area contributed by atoms with Crippen LogP contribution in [0.2, 0.25) is 0 Å². The number of ether oxygens (including phenoxy) is 1. The fraction of sp³-hybridized carbons (Fsp3) is 0.222. The second-order valence-corrected chi connectivity index (χ2v) is 3.02. The summed E-state index contributed by atoms with van der Waals surface area (Å²) < 4.78 is 18.2. The average Bonchev–Trinajstić information content (AvgIpc) is 2.77. The first-order valence-corrected chi connectivity index (χ1v) is 4.57. The summed E-state index contributed by atoms with van der Waals surface area (Å²) in [5, 5.41) is 11.4. The molecular formula is C9H10FN5O. The van der Waals surface area contributed by atoms with Gasteiger partial charge in [0.15, 0.2) is 17.4 Å². The van der Waals surface area contributed by atoms with Crippen LogP contribution in [-0.4, -0.2) is 27.3 Å². The molecule has 0 saturated carbocycles. The normalized spacial score (nSPS) is 10.4. The molecule has 0 fully saturated rings. The van der Waals surface area contributed by atoms with Crippen molar-refractivity contribution in [1.29, 1.82) is 0 Å². The minimum absolute atomic E-state index is 0.169. The molecule has 2 aromatic rings. The van der Waals surface area contributed by atoms with E-state index in [2.05, 4.69) is 15.4 Å². The first kappa shape index (κ1) is 10.5. The van der Waals surface area contributed by atoms with Crippen molar-refractivity contribution in [2.45, 2.75) is 6.54 Å². The summed E-state index contributed by atoms with van der Waals surface area (Å²) in [4.78, 5) is 1.21. The Balaban J connectivity index is 2.37. The first-order chi connectivity index (χ1) is 7.74. The standard InChI is InChI=1S/C9H10FN5O/c1-16-8-3-2-6(4-7(8)10)15-13-9(5-11)12-14-15/h2-4H,5,11H2,1H3. The van der Waals surface area contributed by atoms with Crippen molar-refractivity contribution in [3.05, 3.63) is 29.8 Å². The smallest absolute Gasteiger partial charge is 0.188 e. The highest BCUT2D eigenvalue weighted by molar-refractivity contribution is 5.37. The number of nitrogens with zero attached hydrogens (tertiary/aromatic N) is 4. The van der Waals surface area contributed by atoms with Gasteiger partial charge in [0.1, 0.15) is 0 Å². The third-order valence-corrected chi connectivity index (χ3v) is 2.00. The predicted molar refractivity (Wildman–Crippen MR) is 53.6 cm³/mol. The van der Waals surface area contributed by atoms with E-state index in [1.165, 1.54) is 24.0 Å². The van der Waals surface area contributed by atoms with Crippen LogP contribution in [0, 0.1) is 5.82 Å². The second-order valence-electron chi connectivity index (χ2n) is 3.02. The number of nitrogens with two attached hydrogens (primary N) is 1. The fourth-order valence-electron chi connectivity index (χ4n) is 1.21. The van der Waals surface area contributed by atoms with Crippen LogP contribution >= 0.6 is 0 Å². The summed E-state index contributed by atoms with van der Waals surface area (Å²) in [6.07, 6.45) is 0. The predicted octanol–water partition coefficient (Wildman–Crippen LogP) is 0.269. The van der Waals surface area contributed by atoms with Crippen molar-refractivity contribution < 1.29 is 9.13 Å². The number of methoxy groups -OCH3 is 1. The quantitative estimate of drug-likeness (QED) is 0.807. The van der Waals surface area contributed by atoms with Crippen molar-refractivity contribution in [1.82, 2.24) is 20.2 Å². The maximum absolute atomic E-state index is 13.4. The molecule has 0 aliphatic heterocycles. The molecular weight excluding hydrogens is 213 g/mol. The van der Waals surface area contributed by atoms with Gasteiger partial charge in [-0.05, 0) is 17.3 Å². The zero-order chi connectivity index (χ0) is 11.5. The van der Waals surface area contributed by atoms with E-state index in [-0.39, 0.29) is 12.3 Å². The maximum Gasteiger partial charge on any atom is 0.188 e. The van der Waals surface area contributed by atoms with Crippen LogP contribution in [0.1, 0.15) is 5.82 Å². The van der Waals surface area contributed by atoms with E-state index in [9.17, 15) is 4.39 Å². The van der Waals surface area contributed by atoms with Crippen LogP contribution in [0.15, 0.2) is 18.2 Å². The monoisotopic (exact) mass is 223 g/mol. The van der Waals surface area contributed by atoms with Crippen molar-refractivity contribution >= 4 is 0 Å². The number of aromatic nitrogens is 4. The lowest BCUT2D eigenvalue weighted by Crippen LogP contribution is -2.02. The third kappa shape index (κ3) is 1.84. The molecule has 84 valence electrons. The van der Waals surface area contributed by atoms with Gasteiger partial charge in [0.2, 0.25) is 0 Å². The summed E-state index contributed by atoms with van der Waals surface area (Å²) in [7, 11) is 1.40. The SMILES string of the molecule is COc1ccc(-n2nnc(CN)n2)cc1F. The van der Waals surface area contributed by atoms with Gasteiger partial charge in [-0.3, -0.25) is 0 Å². The highest BCUT2D eigenvalue weighted by Crippen LogP contribution is 2.18. The molecule has 7 heteroatoms. The van der Waals surface area contributed by atoms with Crippen LogP contribution in [0.25, 0.3) is 5.69 Å². The van der Waals surface area contributed by atoms with Gasteiger partial charge in [-0.25, -0.2) is 4.39 Å². The number of benzene rings is 1. The molecule has 2 N–H and O–H groups in total. The van der Waals surface area contributed by atoms with Gasteiger partial charge in [0.25, 0.3) is 0 Å². The molecule has 0 saturated heterocycles. The van der Waals surface area contributed by atoms with Crippen molar-refractivity contribution in [3.63, 3.8) is 0 Å². The molecule has 6 nitrogen and oxygen atoms in total. The molecule has 1 heterocycles. The van der Waals surface area contributed by atoms with E-state index in [0.29, 0.717) is 11.5 Å². The van der Waals surface area contributed by atoms with E-state index in [4.69, 9.17) is 10.5 Å². The minimum Gasteiger partial charge on any atom is -0.494 e. The molecule has 0 unspecified atom stereocenters. The zero-order valence-corrected chi connectivity index (χ0v) is 8.59. The van der Waals surface area contributed by atoms with Gasteiger partial charge in [-0.15, -0.1) is 15.0 Å². The van der Waals surface area contributed by atoms with Crippen molar-refractivity contribution in [3.8, 4) is 11.4 Å². The molecule has 0 aliphatic carbocycles. The third-order valence-electron chi connectivity index (χ3n) is 2.00. The Hall–Kier alpha value is -2.02. The molecule has 2 rings (SSSR count). The fourth-order valence-corrected chi connectivity index (χ4v) is 1.21. The Kier molecular flexibility index (Phi) is 2.78. The lowest BCUT2D eigenvalue weighted by molar-refractivity contribution is 0.386. The van der Waals surface area contributed by atoms with Crippen molar-refractivity contribution in [2.75, 3.05) is 7.11 Å². The molecule has 1 aromatic heterocycles. The summed E-state index contributed by atoms with van der Waals surface area (Å²) in [6, 6.07) is 4.39. The Morgan fingerprint density at radius 3 is 2.88 bits per heavy atom. The average molecular weight is 223 g/mol. The van der Waals surface area contributed by atoms with Gasteiger partial charge < -0.3 is 10.5 Å². The molecule has 0 bridgehead atoms. The largest absolute Gasteiger partial charge is 0.494 e. The Labute approximate surface area is 90.8 Å². The summed E-state index contributed by atoms with van der Waals surface area (Å²) in [5.74, 6) is 0.0886. The minimum atomic E-state index is -0.480. The zero-order valence-electron chi connectivity index (χ0n) is 8.59.